The highest BCUT2D eigenvalue weighted by Crippen LogP contribution is 2.14. The summed E-state index contributed by atoms with van der Waals surface area (Å²) in [6.45, 7) is 2.62. The minimum absolute atomic E-state index is 0.0584. The van der Waals surface area contributed by atoms with Gasteiger partial charge in [0, 0.05) is 26.3 Å². The monoisotopic (exact) mass is 289 g/mol. The molecule has 0 aliphatic rings. The lowest BCUT2D eigenvalue weighted by atomic mass is 10.2. The van der Waals surface area contributed by atoms with Gasteiger partial charge >= 0.3 is 0 Å². The predicted molar refractivity (Wildman–Crippen MR) is 83.4 cm³/mol. The van der Waals surface area contributed by atoms with Crippen LogP contribution in [0.25, 0.3) is 10.9 Å². The average Bonchev–Trinajstić information content (AvgIpc) is 2.44. The number of carbonyl (C=O) groups is 1. The molecule has 1 aromatic carbocycles. The van der Waals surface area contributed by atoms with E-state index in [-0.39, 0.29) is 18.0 Å². The predicted octanol–water partition coefficient (Wildman–Crippen LogP) is 0.420. The Balaban J connectivity index is 2.43. The van der Waals surface area contributed by atoms with Gasteiger partial charge in [-0.25, -0.2) is 4.98 Å². The maximum atomic E-state index is 12.1. The quantitative estimate of drug-likeness (QED) is 0.795. The average molecular weight is 289 g/mol. The van der Waals surface area contributed by atoms with Crippen LogP contribution in [0.2, 0.25) is 0 Å². The zero-order valence-electron chi connectivity index (χ0n) is 12.4. The molecule has 3 N–H and O–H groups in total. The third-order valence-electron chi connectivity index (χ3n) is 3.22. The molecule has 1 amide bonds. The summed E-state index contributed by atoms with van der Waals surface area (Å²) in [6.07, 6.45) is 0. The van der Waals surface area contributed by atoms with Crippen LogP contribution in [-0.2, 0) is 4.79 Å². The van der Waals surface area contributed by atoms with Crippen LogP contribution in [0.5, 0.6) is 0 Å². The Morgan fingerprint density at radius 1 is 1.38 bits per heavy atom. The van der Waals surface area contributed by atoms with Crippen LogP contribution in [0.15, 0.2) is 23.0 Å². The molecule has 7 nitrogen and oxygen atoms in total. The van der Waals surface area contributed by atoms with Crippen molar-refractivity contribution in [2.45, 2.75) is 6.92 Å². The maximum Gasteiger partial charge on any atom is 0.260 e. The lowest BCUT2D eigenvalue weighted by Crippen LogP contribution is -2.38. The van der Waals surface area contributed by atoms with Gasteiger partial charge in [0.2, 0.25) is 11.9 Å². The normalized spacial score (nSPS) is 10.6. The molecule has 0 fully saturated rings. The lowest BCUT2D eigenvalue weighted by molar-refractivity contribution is -0.127. The summed E-state index contributed by atoms with van der Waals surface area (Å²) in [5.41, 5.74) is 6.48. The molecule has 0 radical (unpaired) electrons. The molecule has 21 heavy (non-hydrogen) atoms. The molecule has 0 saturated carbocycles. The Bertz CT molecular complexity index is 723. The van der Waals surface area contributed by atoms with Crippen LogP contribution in [0.4, 0.5) is 11.6 Å². The third kappa shape index (κ3) is 3.13. The minimum Gasteiger partial charge on any atom is -0.399 e. The van der Waals surface area contributed by atoms with E-state index in [2.05, 4.69) is 9.97 Å². The molecule has 0 bridgehead atoms. The molecule has 0 unspecified atom stereocenters. The molecule has 7 heteroatoms. The Morgan fingerprint density at radius 3 is 2.71 bits per heavy atom. The number of anilines is 2. The number of fused-ring (bicyclic) bond motifs is 1. The Morgan fingerprint density at radius 2 is 2.10 bits per heavy atom. The molecule has 1 aromatic heterocycles. The van der Waals surface area contributed by atoms with Crippen molar-refractivity contribution < 1.29 is 4.79 Å². The van der Waals surface area contributed by atoms with Crippen molar-refractivity contribution in [3.63, 3.8) is 0 Å². The van der Waals surface area contributed by atoms with E-state index in [4.69, 9.17) is 5.73 Å². The van der Waals surface area contributed by atoms with Gasteiger partial charge < -0.3 is 15.5 Å². The van der Waals surface area contributed by atoms with Crippen molar-refractivity contribution in [3.05, 3.63) is 28.6 Å². The van der Waals surface area contributed by atoms with Gasteiger partial charge in [-0.15, -0.1) is 0 Å². The van der Waals surface area contributed by atoms with Crippen LogP contribution in [0.3, 0.4) is 0 Å². The van der Waals surface area contributed by atoms with Gasteiger partial charge in [-0.3, -0.25) is 14.6 Å². The van der Waals surface area contributed by atoms with E-state index in [0.717, 1.165) is 0 Å². The lowest BCUT2D eigenvalue weighted by Gasteiger charge is -2.22. The number of nitrogens with two attached hydrogens (primary N) is 1. The van der Waals surface area contributed by atoms with E-state index in [1.165, 1.54) is 4.90 Å². The zero-order chi connectivity index (χ0) is 15.6. The molecule has 112 valence electrons. The van der Waals surface area contributed by atoms with E-state index in [1.54, 1.807) is 37.2 Å². The van der Waals surface area contributed by atoms with E-state index in [0.29, 0.717) is 29.1 Å². The van der Waals surface area contributed by atoms with E-state index in [9.17, 15) is 9.59 Å². The van der Waals surface area contributed by atoms with Crippen LogP contribution < -0.4 is 16.2 Å². The number of aromatic nitrogens is 2. The van der Waals surface area contributed by atoms with Crippen molar-refractivity contribution in [1.82, 2.24) is 14.9 Å². The van der Waals surface area contributed by atoms with Crippen molar-refractivity contribution in [2.75, 3.05) is 37.8 Å². The molecule has 0 atom stereocenters. The second-order valence-corrected chi connectivity index (χ2v) is 4.97. The zero-order valence-corrected chi connectivity index (χ0v) is 12.4. The highest BCUT2D eigenvalue weighted by Gasteiger charge is 2.14. The summed E-state index contributed by atoms with van der Waals surface area (Å²) in [5.74, 6) is 0.326. The molecule has 0 aliphatic carbocycles. The van der Waals surface area contributed by atoms with Crippen molar-refractivity contribution in [3.8, 4) is 0 Å². The van der Waals surface area contributed by atoms with Gasteiger partial charge in [-0.1, -0.05) is 0 Å². The van der Waals surface area contributed by atoms with Crippen molar-refractivity contribution in [2.24, 2.45) is 0 Å². The number of hydrogen-bond donors (Lipinski definition) is 2. The van der Waals surface area contributed by atoms with Crippen LogP contribution in [-0.4, -0.2) is 48.0 Å². The molecular formula is C14H19N5O2. The number of rotatable bonds is 4. The van der Waals surface area contributed by atoms with Crippen molar-refractivity contribution in [1.29, 1.82) is 0 Å². The standard InChI is InChI=1S/C14H19N5O2/c1-4-19(8-12(20)18(2)3)14-16-11-6-5-9(15)7-10(11)13(21)17-14/h5-7H,4,8,15H2,1-3H3,(H,16,17,21). The number of benzene rings is 1. The Labute approximate surface area is 122 Å². The van der Waals surface area contributed by atoms with Gasteiger partial charge in [0.15, 0.2) is 0 Å². The Kier molecular flexibility index (Phi) is 4.11. The number of hydrogen-bond acceptors (Lipinski definition) is 5. The number of nitrogens with zero attached hydrogens (tertiary/aromatic N) is 3. The number of carbonyl (C=O) groups excluding carboxylic acids is 1. The molecule has 1 heterocycles. The molecule has 0 spiro atoms. The third-order valence-corrected chi connectivity index (χ3v) is 3.22. The van der Waals surface area contributed by atoms with Gasteiger partial charge in [0.1, 0.15) is 0 Å². The van der Waals surface area contributed by atoms with Gasteiger partial charge in [-0.05, 0) is 25.1 Å². The van der Waals surface area contributed by atoms with Crippen LogP contribution in [0, 0.1) is 0 Å². The largest absolute Gasteiger partial charge is 0.399 e. The molecule has 2 rings (SSSR count). The highest BCUT2D eigenvalue weighted by atomic mass is 16.2. The minimum atomic E-state index is -0.266. The number of likely N-dealkylation sites (N-methyl/N-ethyl adjacent to an activating group) is 2. The van der Waals surface area contributed by atoms with Gasteiger partial charge in [0.25, 0.3) is 5.56 Å². The maximum absolute atomic E-state index is 12.1. The molecule has 2 aromatic rings. The summed E-state index contributed by atoms with van der Waals surface area (Å²) in [4.78, 5) is 34.3. The first-order chi connectivity index (χ1) is 9.92. The Hall–Kier alpha value is -2.57. The SMILES string of the molecule is CCN(CC(=O)N(C)C)c1nc2ccc(N)cc2c(=O)[nH]1. The van der Waals surface area contributed by atoms with Crippen molar-refractivity contribution >= 4 is 28.4 Å². The fourth-order valence-corrected chi connectivity index (χ4v) is 1.93. The summed E-state index contributed by atoms with van der Waals surface area (Å²) in [7, 11) is 3.38. The van der Waals surface area contributed by atoms with E-state index >= 15 is 0 Å². The second kappa shape index (κ2) is 5.82. The molecule has 0 aliphatic heterocycles. The molecular weight excluding hydrogens is 270 g/mol. The van der Waals surface area contributed by atoms with Gasteiger partial charge in [-0.2, -0.15) is 0 Å². The highest BCUT2D eigenvalue weighted by molar-refractivity contribution is 5.83. The summed E-state index contributed by atoms with van der Waals surface area (Å²) < 4.78 is 0. The topological polar surface area (TPSA) is 95.3 Å². The molecule has 0 saturated heterocycles. The van der Waals surface area contributed by atoms with E-state index < -0.39 is 0 Å². The number of nitrogen functional groups attached to an aromatic ring is 1. The van der Waals surface area contributed by atoms with E-state index in [1.807, 2.05) is 6.92 Å². The second-order valence-electron chi connectivity index (χ2n) is 4.97. The number of H-pyrrole nitrogens is 1. The van der Waals surface area contributed by atoms with Crippen LogP contribution in [0.1, 0.15) is 6.92 Å². The summed E-state index contributed by atoms with van der Waals surface area (Å²) in [6, 6.07) is 4.98. The van der Waals surface area contributed by atoms with Gasteiger partial charge in [0.05, 0.1) is 17.4 Å². The number of nitrogens with one attached hydrogen (secondary N) is 1. The summed E-state index contributed by atoms with van der Waals surface area (Å²) >= 11 is 0. The summed E-state index contributed by atoms with van der Waals surface area (Å²) in [5, 5.41) is 0.439. The fraction of sp³-hybridized carbons (Fsp3) is 0.357. The first-order valence-electron chi connectivity index (χ1n) is 6.67. The number of aromatic amines is 1. The smallest absolute Gasteiger partial charge is 0.260 e. The fourth-order valence-electron chi connectivity index (χ4n) is 1.93. The number of amides is 1. The first-order valence-corrected chi connectivity index (χ1v) is 6.67. The first kappa shape index (κ1) is 14.8. The van der Waals surface area contributed by atoms with Crippen LogP contribution >= 0.6 is 0 Å².